The van der Waals surface area contributed by atoms with E-state index in [0.717, 1.165) is 6.42 Å². The zero-order valence-corrected chi connectivity index (χ0v) is 11.2. The Morgan fingerprint density at radius 2 is 1.79 bits per heavy atom. The van der Waals surface area contributed by atoms with Gasteiger partial charge in [-0.25, -0.2) is 0 Å². The number of halogens is 3. The molecule has 1 aliphatic carbocycles. The number of carbonyl (C=O) groups is 1. The SMILES string of the molecule is O=C(CCC1CCCC1)N1CCCC(C(F)(F)F)C1. The number of piperidine rings is 1. The van der Waals surface area contributed by atoms with Gasteiger partial charge in [0.1, 0.15) is 0 Å². The molecule has 2 fully saturated rings. The van der Waals surface area contributed by atoms with Crippen LogP contribution in [0.1, 0.15) is 51.4 Å². The van der Waals surface area contributed by atoms with Crippen molar-refractivity contribution in [2.45, 2.75) is 57.5 Å². The summed E-state index contributed by atoms with van der Waals surface area (Å²) in [6.07, 6.45) is 2.58. The summed E-state index contributed by atoms with van der Waals surface area (Å²) in [5.74, 6) is -0.787. The first-order valence-corrected chi connectivity index (χ1v) is 7.31. The van der Waals surface area contributed by atoms with Crippen molar-refractivity contribution in [3.63, 3.8) is 0 Å². The molecule has 1 saturated carbocycles. The molecule has 0 N–H and O–H groups in total. The molecule has 2 aliphatic rings. The van der Waals surface area contributed by atoms with Crippen LogP contribution in [0.3, 0.4) is 0 Å². The third kappa shape index (κ3) is 4.11. The molecule has 1 heterocycles. The molecule has 0 spiro atoms. The summed E-state index contributed by atoms with van der Waals surface area (Å²) < 4.78 is 38.0. The minimum atomic E-state index is -4.16. The molecular formula is C14H22F3NO. The van der Waals surface area contributed by atoms with Crippen LogP contribution in [0.2, 0.25) is 0 Å². The van der Waals surface area contributed by atoms with E-state index in [2.05, 4.69) is 0 Å². The average Bonchev–Trinajstić information content (AvgIpc) is 2.88. The number of carbonyl (C=O) groups excluding carboxylic acids is 1. The number of likely N-dealkylation sites (tertiary alicyclic amines) is 1. The summed E-state index contributed by atoms with van der Waals surface area (Å²) in [6.45, 7) is 0.364. The Morgan fingerprint density at radius 3 is 2.42 bits per heavy atom. The van der Waals surface area contributed by atoms with Gasteiger partial charge < -0.3 is 4.90 Å². The standard InChI is InChI=1S/C14H22F3NO/c15-14(16,17)12-6-3-9-18(10-12)13(19)8-7-11-4-1-2-5-11/h11-12H,1-10H2. The van der Waals surface area contributed by atoms with E-state index in [1.807, 2.05) is 0 Å². The summed E-state index contributed by atoms with van der Waals surface area (Å²) in [5.41, 5.74) is 0. The minimum absolute atomic E-state index is 0.0825. The molecular weight excluding hydrogens is 255 g/mol. The van der Waals surface area contributed by atoms with Gasteiger partial charge >= 0.3 is 6.18 Å². The third-order valence-corrected chi connectivity index (χ3v) is 4.48. The molecule has 1 amide bonds. The van der Waals surface area contributed by atoms with Crippen molar-refractivity contribution in [2.75, 3.05) is 13.1 Å². The number of nitrogens with zero attached hydrogens (tertiary/aromatic N) is 1. The lowest BCUT2D eigenvalue weighted by molar-refractivity contribution is -0.188. The van der Waals surface area contributed by atoms with Gasteiger partial charge in [0.15, 0.2) is 0 Å². The first-order valence-electron chi connectivity index (χ1n) is 7.31. The fourth-order valence-electron chi connectivity index (χ4n) is 3.26. The zero-order chi connectivity index (χ0) is 13.9. The van der Waals surface area contributed by atoms with Crippen molar-refractivity contribution in [1.29, 1.82) is 0 Å². The second-order valence-corrected chi connectivity index (χ2v) is 5.91. The Labute approximate surface area is 112 Å². The van der Waals surface area contributed by atoms with Gasteiger partial charge in [-0.2, -0.15) is 13.2 Å². The summed E-state index contributed by atoms with van der Waals surface area (Å²) in [4.78, 5) is 13.4. The molecule has 2 rings (SSSR count). The van der Waals surface area contributed by atoms with Crippen LogP contribution in [-0.2, 0) is 4.79 Å². The normalized spacial score (nSPS) is 25.8. The maximum absolute atomic E-state index is 12.7. The van der Waals surface area contributed by atoms with E-state index >= 15 is 0 Å². The van der Waals surface area contributed by atoms with Crippen LogP contribution >= 0.6 is 0 Å². The van der Waals surface area contributed by atoms with Gasteiger partial charge in [0.2, 0.25) is 5.91 Å². The molecule has 0 aromatic rings. The van der Waals surface area contributed by atoms with Crippen molar-refractivity contribution in [2.24, 2.45) is 11.8 Å². The third-order valence-electron chi connectivity index (χ3n) is 4.48. The van der Waals surface area contributed by atoms with E-state index < -0.39 is 12.1 Å². The Kier molecular flexibility index (Phi) is 4.74. The molecule has 0 aromatic heterocycles. The second kappa shape index (κ2) is 6.14. The van der Waals surface area contributed by atoms with Crippen molar-refractivity contribution in [3.8, 4) is 0 Å². The Bertz CT molecular complexity index is 310. The largest absolute Gasteiger partial charge is 0.393 e. The van der Waals surface area contributed by atoms with Crippen molar-refractivity contribution in [3.05, 3.63) is 0 Å². The molecule has 1 unspecified atom stereocenters. The highest BCUT2D eigenvalue weighted by Gasteiger charge is 2.42. The van der Waals surface area contributed by atoms with Crippen LogP contribution in [0.15, 0.2) is 0 Å². The monoisotopic (exact) mass is 277 g/mol. The van der Waals surface area contributed by atoms with E-state index in [4.69, 9.17) is 0 Å². The average molecular weight is 277 g/mol. The predicted octanol–water partition coefficient (Wildman–Crippen LogP) is 3.76. The van der Waals surface area contributed by atoms with Crippen LogP contribution in [0.25, 0.3) is 0 Å². The first-order chi connectivity index (χ1) is 8.97. The summed E-state index contributed by atoms with van der Waals surface area (Å²) in [7, 11) is 0. The van der Waals surface area contributed by atoms with Crippen LogP contribution in [0, 0.1) is 11.8 Å². The quantitative estimate of drug-likeness (QED) is 0.769. The van der Waals surface area contributed by atoms with Gasteiger partial charge in [-0.1, -0.05) is 25.7 Å². The Hall–Kier alpha value is -0.740. The first kappa shape index (κ1) is 14.7. The Morgan fingerprint density at radius 1 is 1.11 bits per heavy atom. The summed E-state index contributed by atoms with van der Waals surface area (Å²) in [6, 6.07) is 0. The molecule has 1 atom stereocenters. The van der Waals surface area contributed by atoms with E-state index in [-0.39, 0.29) is 18.9 Å². The summed E-state index contributed by atoms with van der Waals surface area (Å²) >= 11 is 0. The Balaban J connectivity index is 1.78. The van der Waals surface area contributed by atoms with Crippen molar-refractivity contribution >= 4 is 5.91 Å². The van der Waals surface area contributed by atoms with E-state index in [9.17, 15) is 18.0 Å². The molecule has 2 nitrogen and oxygen atoms in total. The molecule has 19 heavy (non-hydrogen) atoms. The lowest BCUT2D eigenvalue weighted by Crippen LogP contribution is -2.44. The molecule has 1 saturated heterocycles. The molecule has 1 aliphatic heterocycles. The van der Waals surface area contributed by atoms with E-state index in [1.54, 1.807) is 0 Å². The van der Waals surface area contributed by atoms with Crippen LogP contribution in [0.4, 0.5) is 13.2 Å². The smallest absolute Gasteiger partial charge is 0.342 e. The lowest BCUT2D eigenvalue weighted by atomic mass is 9.96. The number of amides is 1. The number of hydrogen-bond donors (Lipinski definition) is 0. The predicted molar refractivity (Wildman–Crippen MR) is 66.6 cm³/mol. The maximum Gasteiger partial charge on any atom is 0.393 e. The van der Waals surface area contributed by atoms with Crippen LogP contribution in [-0.4, -0.2) is 30.1 Å². The van der Waals surface area contributed by atoms with Gasteiger partial charge in [-0.05, 0) is 25.2 Å². The highest BCUT2D eigenvalue weighted by atomic mass is 19.4. The number of alkyl halides is 3. The number of rotatable bonds is 3. The summed E-state index contributed by atoms with van der Waals surface area (Å²) in [5, 5.41) is 0. The van der Waals surface area contributed by atoms with Gasteiger partial charge in [0, 0.05) is 19.5 Å². The molecule has 0 bridgehead atoms. The van der Waals surface area contributed by atoms with Gasteiger partial charge in [0.25, 0.3) is 0 Å². The maximum atomic E-state index is 12.7. The van der Waals surface area contributed by atoms with Gasteiger partial charge in [-0.15, -0.1) is 0 Å². The van der Waals surface area contributed by atoms with E-state index in [1.165, 1.54) is 30.6 Å². The van der Waals surface area contributed by atoms with Crippen molar-refractivity contribution < 1.29 is 18.0 Å². The highest BCUT2D eigenvalue weighted by Crippen LogP contribution is 2.34. The van der Waals surface area contributed by atoms with Crippen molar-refractivity contribution in [1.82, 2.24) is 4.90 Å². The lowest BCUT2D eigenvalue weighted by Gasteiger charge is -2.34. The molecule has 5 heteroatoms. The van der Waals surface area contributed by atoms with Gasteiger partial charge in [0.05, 0.1) is 5.92 Å². The topological polar surface area (TPSA) is 20.3 Å². The molecule has 110 valence electrons. The highest BCUT2D eigenvalue weighted by molar-refractivity contribution is 5.76. The van der Waals surface area contributed by atoms with E-state index in [0.29, 0.717) is 25.3 Å². The van der Waals surface area contributed by atoms with Crippen LogP contribution < -0.4 is 0 Å². The fourth-order valence-corrected chi connectivity index (χ4v) is 3.26. The van der Waals surface area contributed by atoms with Crippen LogP contribution in [0.5, 0.6) is 0 Å². The fraction of sp³-hybridized carbons (Fsp3) is 0.929. The number of hydrogen-bond acceptors (Lipinski definition) is 1. The molecule has 0 aromatic carbocycles. The molecule has 0 radical (unpaired) electrons. The van der Waals surface area contributed by atoms with Gasteiger partial charge in [-0.3, -0.25) is 4.79 Å². The second-order valence-electron chi connectivity index (χ2n) is 5.91. The zero-order valence-electron chi connectivity index (χ0n) is 11.2. The minimum Gasteiger partial charge on any atom is -0.342 e.